The van der Waals surface area contributed by atoms with E-state index in [1.54, 1.807) is 11.8 Å². The molecule has 1 aliphatic heterocycles. The minimum atomic E-state index is 0.240. The van der Waals surface area contributed by atoms with Crippen molar-refractivity contribution in [3.63, 3.8) is 0 Å². The fourth-order valence-corrected chi connectivity index (χ4v) is 3.37. The fourth-order valence-electron chi connectivity index (χ4n) is 2.91. The Labute approximate surface area is 148 Å². The quantitative estimate of drug-likeness (QED) is 0.783. The molecular formula is C18H25N5S. The molecule has 0 saturated carbocycles. The number of aromatic nitrogens is 2. The number of benzene rings is 1. The van der Waals surface area contributed by atoms with E-state index in [0.29, 0.717) is 5.95 Å². The Bertz CT molecular complexity index is 691. The summed E-state index contributed by atoms with van der Waals surface area (Å²) in [5, 5.41) is 3.36. The van der Waals surface area contributed by atoms with E-state index in [1.807, 2.05) is 12.1 Å². The Hall–Kier alpha value is -1.79. The maximum Gasteiger partial charge on any atom is 0.229 e. The third-order valence-electron chi connectivity index (χ3n) is 4.15. The van der Waals surface area contributed by atoms with Crippen molar-refractivity contribution in [2.24, 2.45) is 5.73 Å². The first-order chi connectivity index (χ1) is 11.7. The first-order valence-electron chi connectivity index (χ1n) is 8.47. The van der Waals surface area contributed by atoms with Crippen LogP contribution in [0.1, 0.15) is 25.5 Å². The molecule has 2 heterocycles. The van der Waals surface area contributed by atoms with Crippen LogP contribution in [-0.4, -0.2) is 35.4 Å². The Morgan fingerprint density at radius 2 is 2.21 bits per heavy atom. The molecule has 1 aliphatic rings. The number of thioether (sulfide) groups is 1. The highest BCUT2D eigenvalue weighted by Gasteiger charge is 2.21. The van der Waals surface area contributed by atoms with E-state index in [0.717, 1.165) is 49.6 Å². The lowest BCUT2D eigenvalue weighted by Crippen LogP contribution is -2.27. The average Bonchev–Trinajstić information content (AvgIpc) is 3.02. The molecule has 0 aliphatic carbocycles. The zero-order valence-corrected chi connectivity index (χ0v) is 15.1. The fraction of sp³-hybridized carbons (Fsp3) is 0.444. The van der Waals surface area contributed by atoms with Gasteiger partial charge in [0.2, 0.25) is 5.95 Å². The van der Waals surface area contributed by atoms with Crippen molar-refractivity contribution in [1.29, 1.82) is 0 Å². The second-order valence-corrected chi connectivity index (χ2v) is 7.02. The van der Waals surface area contributed by atoms with Crippen molar-refractivity contribution in [2.75, 3.05) is 29.6 Å². The number of nitrogens with two attached hydrogens (primary N) is 1. The molecule has 128 valence electrons. The molecule has 0 radical (unpaired) electrons. The smallest absolute Gasteiger partial charge is 0.229 e. The second-order valence-electron chi connectivity index (χ2n) is 6.14. The van der Waals surface area contributed by atoms with Crippen LogP contribution in [0.15, 0.2) is 35.2 Å². The van der Waals surface area contributed by atoms with Gasteiger partial charge in [-0.1, -0.05) is 19.4 Å². The van der Waals surface area contributed by atoms with Gasteiger partial charge in [-0.2, -0.15) is 4.98 Å². The minimum Gasteiger partial charge on any atom is -0.355 e. The maximum absolute atomic E-state index is 6.05. The summed E-state index contributed by atoms with van der Waals surface area (Å²) < 4.78 is 0. The van der Waals surface area contributed by atoms with E-state index >= 15 is 0 Å². The highest BCUT2D eigenvalue weighted by atomic mass is 32.2. The van der Waals surface area contributed by atoms with Crippen molar-refractivity contribution >= 4 is 29.2 Å². The largest absolute Gasteiger partial charge is 0.355 e. The van der Waals surface area contributed by atoms with Crippen LogP contribution in [0, 0.1) is 0 Å². The molecule has 0 spiro atoms. The van der Waals surface area contributed by atoms with Gasteiger partial charge in [0.15, 0.2) is 0 Å². The van der Waals surface area contributed by atoms with Crippen LogP contribution in [-0.2, 0) is 6.42 Å². The van der Waals surface area contributed by atoms with Gasteiger partial charge in [-0.3, -0.25) is 0 Å². The van der Waals surface area contributed by atoms with Crippen LogP contribution in [0.5, 0.6) is 0 Å². The predicted octanol–water partition coefficient (Wildman–Crippen LogP) is 3.43. The minimum absolute atomic E-state index is 0.240. The van der Waals surface area contributed by atoms with Crippen LogP contribution >= 0.6 is 11.8 Å². The van der Waals surface area contributed by atoms with Gasteiger partial charge in [0.05, 0.1) is 0 Å². The number of nitrogens with zero attached hydrogens (tertiary/aromatic N) is 3. The Morgan fingerprint density at radius 1 is 1.33 bits per heavy atom. The van der Waals surface area contributed by atoms with E-state index in [4.69, 9.17) is 10.7 Å². The number of hydrogen-bond donors (Lipinski definition) is 2. The highest BCUT2D eigenvalue weighted by Crippen LogP contribution is 2.24. The summed E-state index contributed by atoms with van der Waals surface area (Å²) in [6.07, 6.45) is 5.12. The molecule has 0 amide bonds. The Morgan fingerprint density at radius 3 is 2.92 bits per heavy atom. The standard InChI is InChI=1S/C18H25N5S/c1-3-5-14-11-17(23-9-8-13(19)12-23)22-18(20-14)21-15-6-4-7-16(10-15)24-2/h4,6-7,10-11,13H,3,5,8-9,12,19H2,1-2H3,(H,20,21,22)/t13-/m0/s1. The molecule has 2 aromatic rings. The zero-order chi connectivity index (χ0) is 16.9. The predicted molar refractivity (Wildman–Crippen MR) is 102 cm³/mol. The monoisotopic (exact) mass is 343 g/mol. The van der Waals surface area contributed by atoms with E-state index < -0.39 is 0 Å². The second kappa shape index (κ2) is 7.85. The van der Waals surface area contributed by atoms with Crippen molar-refractivity contribution in [3.8, 4) is 0 Å². The van der Waals surface area contributed by atoms with Crippen molar-refractivity contribution in [2.45, 2.75) is 37.1 Å². The third kappa shape index (κ3) is 4.19. The van der Waals surface area contributed by atoms with Crippen molar-refractivity contribution in [1.82, 2.24) is 9.97 Å². The van der Waals surface area contributed by atoms with Gasteiger partial charge in [-0.25, -0.2) is 4.98 Å². The number of rotatable bonds is 6. The summed E-state index contributed by atoms with van der Waals surface area (Å²) in [6.45, 7) is 4.00. The molecule has 5 nitrogen and oxygen atoms in total. The molecule has 3 N–H and O–H groups in total. The lowest BCUT2D eigenvalue weighted by molar-refractivity contribution is 0.751. The van der Waals surface area contributed by atoms with E-state index in [9.17, 15) is 0 Å². The number of nitrogens with one attached hydrogen (secondary N) is 1. The van der Waals surface area contributed by atoms with Crippen molar-refractivity contribution < 1.29 is 0 Å². The van der Waals surface area contributed by atoms with E-state index in [2.05, 4.69) is 46.6 Å². The van der Waals surface area contributed by atoms with Crippen LogP contribution in [0.3, 0.4) is 0 Å². The van der Waals surface area contributed by atoms with Gasteiger partial charge in [-0.05, 0) is 37.3 Å². The van der Waals surface area contributed by atoms with Gasteiger partial charge < -0.3 is 16.0 Å². The van der Waals surface area contributed by atoms with E-state index in [-0.39, 0.29) is 6.04 Å². The summed E-state index contributed by atoms with van der Waals surface area (Å²) in [5.41, 5.74) is 8.14. The van der Waals surface area contributed by atoms with Crippen LogP contribution < -0.4 is 16.0 Å². The summed E-state index contributed by atoms with van der Waals surface area (Å²) in [5.74, 6) is 1.64. The molecule has 1 atom stereocenters. The first-order valence-corrected chi connectivity index (χ1v) is 9.70. The molecule has 0 unspecified atom stereocenters. The van der Waals surface area contributed by atoms with Gasteiger partial charge in [-0.15, -0.1) is 11.8 Å². The Kier molecular flexibility index (Phi) is 5.58. The normalized spacial score (nSPS) is 17.3. The molecule has 1 saturated heterocycles. The van der Waals surface area contributed by atoms with Gasteiger partial charge in [0.1, 0.15) is 5.82 Å². The van der Waals surface area contributed by atoms with Crippen molar-refractivity contribution in [3.05, 3.63) is 36.0 Å². The summed E-state index contributed by atoms with van der Waals surface area (Å²) in [6, 6.07) is 10.6. The molecule has 1 aromatic heterocycles. The summed E-state index contributed by atoms with van der Waals surface area (Å²) in [4.78, 5) is 12.9. The number of anilines is 3. The topological polar surface area (TPSA) is 67.1 Å². The summed E-state index contributed by atoms with van der Waals surface area (Å²) in [7, 11) is 0. The van der Waals surface area contributed by atoms with E-state index in [1.165, 1.54) is 4.90 Å². The number of hydrogen-bond acceptors (Lipinski definition) is 6. The van der Waals surface area contributed by atoms with Crippen LogP contribution in [0.4, 0.5) is 17.5 Å². The maximum atomic E-state index is 6.05. The molecule has 1 aromatic carbocycles. The van der Waals surface area contributed by atoms with Gasteiger partial charge in [0, 0.05) is 41.5 Å². The first kappa shape index (κ1) is 17.0. The van der Waals surface area contributed by atoms with Gasteiger partial charge in [0.25, 0.3) is 0 Å². The lowest BCUT2D eigenvalue weighted by atomic mass is 10.2. The molecule has 6 heteroatoms. The van der Waals surface area contributed by atoms with Crippen LogP contribution in [0.25, 0.3) is 0 Å². The Balaban J connectivity index is 1.86. The molecule has 1 fully saturated rings. The number of aryl methyl sites for hydroxylation is 1. The average molecular weight is 344 g/mol. The molecule has 0 bridgehead atoms. The molecule has 24 heavy (non-hydrogen) atoms. The summed E-state index contributed by atoms with van der Waals surface area (Å²) >= 11 is 1.73. The highest BCUT2D eigenvalue weighted by molar-refractivity contribution is 7.98. The zero-order valence-electron chi connectivity index (χ0n) is 14.3. The molecular weight excluding hydrogens is 318 g/mol. The molecule has 3 rings (SSSR count). The van der Waals surface area contributed by atoms with Gasteiger partial charge >= 0.3 is 0 Å². The van der Waals surface area contributed by atoms with Crippen LogP contribution in [0.2, 0.25) is 0 Å². The lowest BCUT2D eigenvalue weighted by Gasteiger charge is -2.19. The third-order valence-corrected chi connectivity index (χ3v) is 4.87. The SMILES string of the molecule is CCCc1cc(N2CC[C@H](N)C2)nc(Nc2cccc(SC)c2)n1.